The molecule has 0 spiro atoms. The quantitative estimate of drug-likeness (QED) is 0.904. The molecule has 2 atom stereocenters. The summed E-state index contributed by atoms with van der Waals surface area (Å²) < 4.78 is 5.65. The number of nitrogens with zero attached hydrogens (tertiary/aromatic N) is 1. The molecule has 0 radical (unpaired) electrons. The van der Waals surface area contributed by atoms with Crippen LogP contribution in [0.4, 0.5) is 0 Å². The Hall–Kier alpha value is -0.710. The van der Waals surface area contributed by atoms with E-state index in [-0.39, 0.29) is 0 Å². The Morgan fingerprint density at radius 3 is 3.19 bits per heavy atom. The normalized spacial score (nSPS) is 23.6. The molecule has 3 nitrogen and oxygen atoms in total. The van der Waals surface area contributed by atoms with Crippen LogP contribution in [0, 0.1) is 0 Å². The van der Waals surface area contributed by atoms with Crippen molar-refractivity contribution in [1.29, 1.82) is 0 Å². The maximum Gasteiger partial charge on any atom is 0.122 e. The third kappa shape index (κ3) is 3.38. The molecule has 2 heterocycles. The molecule has 0 aliphatic carbocycles. The monoisotopic (exact) mass is 306 g/mol. The molecule has 2 aliphatic rings. The van der Waals surface area contributed by atoms with E-state index in [1.807, 2.05) is 0 Å². The Morgan fingerprint density at radius 2 is 2.38 bits per heavy atom. The van der Waals surface area contributed by atoms with Crippen molar-refractivity contribution in [1.82, 2.24) is 10.2 Å². The van der Waals surface area contributed by atoms with E-state index < -0.39 is 0 Å². The predicted molar refractivity (Wildman–Crippen MR) is 90.4 cm³/mol. The van der Waals surface area contributed by atoms with Gasteiger partial charge in [-0.2, -0.15) is 11.8 Å². The molecule has 1 aromatic carbocycles. The van der Waals surface area contributed by atoms with Gasteiger partial charge in [0.05, 0.1) is 6.61 Å². The highest BCUT2D eigenvalue weighted by atomic mass is 32.2. The zero-order valence-corrected chi connectivity index (χ0v) is 13.9. The van der Waals surface area contributed by atoms with Crippen molar-refractivity contribution in [2.24, 2.45) is 0 Å². The molecule has 0 bridgehead atoms. The van der Waals surface area contributed by atoms with Crippen molar-refractivity contribution >= 4 is 11.8 Å². The summed E-state index contributed by atoms with van der Waals surface area (Å²) in [7, 11) is 2.27. The van der Waals surface area contributed by atoms with Gasteiger partial charge in [-0.25, -0.2) is 0 Å². The largest absolute Gasteiger partial charge is 0.493 e. The molecule has 2 unspecified atom stereocenters. The zero-order chi connectivity index (χ0) is 14.7. The average Bonchev–Trinajstić information content (AvgIpc) is 2.97. The molecule has 1 N–H and O–H groups in total. The standard InChI is InChI=1S/C17H26N2OS/c1-3-7-18-17(15-12-21-10-8-19(15)2)14-4-5-16-13(11-14)6-9-20-16/h4-5,11,15,17-18H,3,6-10,12H2,1-2H3. The second kappa shape index (κ2) is 7.03. The first-order valence-electron chi connectivity index (χ1n) is 8.06. The molecule has 1 aromatic rings. The Labute approximate surface area is 132 Å². The average molecular weight is 306 g/mol. The fourth-order valence-electron chi connectivity index (χ4n) is 3.23. The molecule has 0 aromatic heterocycles. The Balaban J connectivity index is 1.84. The molecular formula is C17H26N2OS. The van der Waals surface area contributed by atoms with Crippen LogP contribution in [0.15, 0.2) is 18.2 Å². The maximum atomic E-state index is 5.65. The van der Waals surface area contributed by atoms with Crippen LogP contribution in [-0.2, 0) is 6.42 Å². The number of hydrogen-bond donors (Lipinski definition) is 1. The van der Waals surface area contributed by atoms with Crippen LogP contribution in [0.5, 0.6) is 5.75 Å². The SMILES string of the molecule is CCCNC(c1ccc2c(c1)CCO2)C1CSCCN1C. The highest BCUT2D eigenvalue weighted by molar-refractivity contribution is 7.99. The van der Waals surface area contributed by atoms with Crippen molar-refractivity contribution < 1.29 is 4.74 Å². The zero-order valence-electron chi connectivity index (χ0n) is 13.1. The summed E-state index contributed by atoms with van der Waals surface area (Å²) >= 11 is 2.08. The summed E-state index contributed by atoms with van der Waals surface area (Å²) in [4.78, 5) is 2.52. The highest BCUT2D eigenvalue weighted by Gasteiger charge is 2.29. The Kier molecular flexibility index (Phi) is 5.09. The van der Waals surface area contributed by atoms with Gasteiger partial charge in [-0.3, -0.25) is 4.90 Å². The van der Waals surface area contributed by atoms with Gasteiger partial charge in [-0.1, -0.05) is 19.1 Å². The molecule has 4 heteroatoms. The van der Waals surface area contributed by atoms with E-state index in [4.69, 9.17) is 4.74 Å². The third-order valence-electron chi connectivity index (χ3n) is 4.51. The van der Waals surface area contributed by atoms with Crippen LogP contribution in [0.1, 0.15) is 30.5 Å². The minimum atomic E-state index is 0.425. The van der Waals surface area contributed by atoms with Crippen molar-refractivity contribution in [3.63, 3.8) is 0 Å². The van der Waals surface area contributed by atoms with Gasteiger partial charge >= 0.3 is 0 Å². The lowest BCUT2D eigenvalue weighted by atomic mass is 9.96. The van der Waals surface area contributed by atoms with Gasteiger partial charge in [0.25, 0.3) is 0 Å². The molecule has 2 aliphatic heterocycles. The number of rotatable bonds is 5. The third-order valence-corrected chi connectivity index (χ3v) is 5.56. The fourth-order valence-corrected chi connectivity index (χ4v) is 4.50. The molecule has 3 rings (SSSR count). The maximum absolute atomic E-state index is 5.65. The second-order valence-electron chi connectivity index (χ2n) is 6.02. The number of likely N-dealkylation sites (N-methyl/N-ethyl adjacent to an activating group) is 1. The number of nitrogens with one attached hydrogen (secondary N) is 1. The topological polar surface area (TPSA) is 24.5 Å². The highest BCUT2D eigenvalue weighted by Crippen LogP contribution is 2.32. The van der Waals surface area contributed by atoms with E-state index in [2.05, 4.69) is 54.1 Å². The van der Waals surface area contributed by atoms with Gasteiger partial charge in [-0.15, -0.1) is 0 Å². The van der Waals surface area contributed by atoms with Gasteiger partial charge in [0, 0.05) is 36.6 Å². The molecular weight excluding hydrogens is 280 g/mol. The first kappa shape index (κ1) is 15.2. The molecule has 1 fully saturated rings. The number of hydrogen-bond acceptors (Lipinski definition) is 4. The first-order chi connectivity index (χ1) is 10.3. The lowest BCUT2D eigenvalue weighted by Gasteiger charge is -2.38. The number of thioether (sulfide) groups is 1. The van der Waals surface area contributed by atoms with Crippen LogP contribution in [0.2, 0.25) is 0 Å². The summed E-state index contributed by atoms with van der Waals surface area (Å²) in [6, 6.07) is 7.78. The summed E-state index contributed by atoms with van der Waals surface area (Å²) in [5.74, 6) is 3.55. The van der Waals surface area contributed by atoms with E-state index in [1.54, 1.807) is 0 Å². The number of fused-ring (bicyclic) bond motifs is 1. The van der Waals surface area contributed by atoms with Crippen LogP contribution < -0.4 is 10.1 Å². The van der Waals surface area contributed by atoms with E-state index in [0.717, 1.165) is 25.3 Å². The van der Waals surface area contributed by atoms with E-state index in [9.17, 15) is 0 Å². The Morgan fingerprint density at radius 1 is 1.48 bits per heavy atom. The summed E-state index contributed by atoms with van der Waals surface area (Å²) in [5.41, 5.74) is 2.80. The molecule has 1 saturated heterocycles. The van der Waals surface area contributed by atoms with Gasteiger partial charge < -0.3 is 10.1 Å². The number of benzene rings is 1. The predicted octanol–water partition coefficient (Wildman–Crippen LogP) is 2.71. The lowest BCUT2D eigenvalue weighted by molar-refractivity contribution is 0.215. The van der Waals surface area contributed by atoms with E-state index >= 15 is 0 Å². The van der Waals surface area contributed by atoms with Crippen molar-refractivity contribution in [2.45, 2.75) is 31.8 Å². The van der Waals surface area contributed by atoms with Crippen LogP contribution >= 0.6 is 11.8 Å². The van der Waals surface area contributed by atoms with Gasteiger partial charge in [0.2, 0.25) is 0 Å². The molecule has 116 valence electrons. The van der Waals surface area contributed by atoms with E-state index in [0.29, 0.717) is 12.1 Å². The lowest BCUT2D eigenvalue weighted by Crippen LogP contribution is -2.48. The van der Waals surface area contributed by atoms with Crippen LogP contribution in [0.3, 0.4) is 0 Å². The van der Waals surface area contributed by atoms with Crippen molar-refractivity contribution in [3.05, 3.63) is 29.3 Å². The fraction of sp³-hybridized carbons (Fsp3) is 0.647. The van der Waals surface area contributed by atoms with Gasteiger partial charge in [-0.05, 0) is 37.2 Å². The van der Waals surface area contributed by atoms with Gasteiger partial charge in [0.1, 0.15) is 5.75 Å². The van der Waals surface area contributed by atoms with Crippen molar-refractivity contribution in [3.8, 4) is 5.75 Å². The summed E-state index contributed by atoms with van der Waals surface area (Å²) in [6.07, 6.45) is 2.23. The van der Waals surface area contributed by atoms with Crippen LogP contribution in [0.25, 0.3) is 0 Å². The Bertz CT molecular complexity index is 480. The summed E-state index contributed by atoms with van der Waals surface area (Å²) in [6.45, 7) is 5.34. The number of ether oxygens (including phenoxy) is 1. The molecule has 0 amide bonds. The van der Waals surface area contributed by atoms with Gasteiger partial charge in [0.15, 0.2) is 0 Å². The minimum absolute atomic E-state index is 0.425. The van der Waals surface area contributed by atoms with E-state index in [1.165, 1.54) is 35.6 Å². The summed E-state index contributed by atoms with van der Waals surface area (Å²) in [5, 5.41) is 3.78. The second-order valence-corrected chi connectivity index (χ2v) is 7.17. The van der Waals surface area contributed by atoms with Crippen LogP contribution in [-0.4, -0.2) is 49.2 Å². The van der Waals surface area contributed by atoms with Crippen molar-refractivity contribution in [2.75, 3.05) is 38.2 Å². The molecule has 0 saturated carbocycles. The smallest absolute Gasteiger partial charge is 0.122 e. The first-order valence-corrected chi connectivity index (χ1v) is 9.22. The molecule has 21 heavy (non-hydrogen) atoms. The minimum Gasteiger partial charge on any atom is -0.493 e.